The van der Waals surface area contributed by atoms with Crippen LogP contribution in [-0.4, -0.2) is 56.2 Å². The molecule has 162 valence electrons. The number of likely N-dealkylation sites (N-methyl/N-ethyl adjacent to an activating group) is 1. The van der Waals surface area contributed by atoms with Gasteiger partial charge in [0.2, 0.25) is 0 Å². The molecule has 4 rings (SSSR count). The van der Waals surface area contributed by atoms with Crippen molar-refractivity contribution in [2.45, 2.75) is 6.42 Å². The minimum Gasteiger partial charge on any atom is -0.456 e. The highest BCUT2D eigenvalue weighted by atomic mass is 35.5. The lowest BCUT2D eigenvalue weighted by Crippen LogP contribution is -2.44. The molecule has 0 bridgehead atoms. The van der Waals surface area contributed by atoms with Crippen LogP contribution in [0.3, 0.4) is 0 Å². The molecule has 0 unspecified atom stereocenters. The molecule has 0 atom stereocenters. The number of rotatable bonds is 6. The van der Waals surface area contributed by atoms with E-state index in [1.54, 1.807) is 0 Å². The number of nitrogens with zero attached hydrogens (tertiary/aromatic N) is 3. The summed E-state index contributed by atoms with van der Waals surface area (Å²) in [5, 5.41) is 6.19. The van der Waals surface area contributed by atoms with Gasteiger partial charge in [-0.15, -0.1) is 24.8 Å². The van der Waals surface area contributed by atoms with Crippen molar-refractivity contribution < 1.29 is 9.25 Å². The summed E-state index contributed by atoms with van der Waals surface area (Å²) in [6.45, 7) is 6.24. The van der Waals surface area contributed by atoms with Gasteiger partial charge in [0.25, 0.3) is 0 Å². The fourth-order valence-corrected chi connectivity index (χ4v) is 3.48. The summed E-state index contributed by atoms with van der Waals surface area (Å²) in [6.07, 6.45) is 0.980. The second-order valence-corrected chi connectivity index (χ2v) is 7.28. The van der Waals surface area contributed by atoms with Crippen LogP contribution < -0.4 is 5.36 Å². The summed E-state index contributed by atoms with van der Waals surface area (Å²) < 4.78 is 6.08. The van der Waals surface area contributed by atoms with E-state index in [2.05, 4.69) is 22.0 Å². The predicted octanol–water partition coefficient (Wildman–Crippen LogP) is 4.41. The summed E-state index contributed by atoms with van der Waals surface area (Å²) in [5.41, 5.74) is 1.84. The Morgan fingerprint density at radius 2 is 1.63 bits per heavy atom. The normalized spacial score (nSPS) is 15.4. The van der Waals surface area contributed by atoms with Crippen molar-refractivity contribution in [2.75, 3.05) is 46.4 Å². The molecule has 0 spiro atoms. The molecule has 5 nitrogen and oxygen atoms in total. The van der Waals surface area contributed by atoms with Gasteiger partial charge in [-0.2, -0.15) is 0 Å². The molecule has 0 N–H and O–H groups in total. The van der Waals surface area contributed by atoms with Gasteiger partial charge in [0.1, 0.15) is 23.3 Å². The van der Waals surface area contributed by atoms with E-state index < -0.39 is 0 Å². The topological polar surface area (TPSA) is 41.2 Å². The largest absolute Gasteiger partial charge is 0.456 e. The zero-order valence-corrected chi connectivity index (χ0v) is 18.8. The monoisotopic (exact) mass is 449 g/mol. The Kier molecular flexibility index (Phi) is 9.66. The molecule has 1 aromatic heterocycles. The molecule has 7 heteroatoms. The van der Waals surface area contributed by atoms with E-state index in [9.17, 15) is 0 Å². The number of hydrogen-bond acceptors (Lipinski definition) is 5. The van der Waals surface area contributed by atoms with E-state index in [1.165, 1.54) is 0 Å². The van der Waals surface area contributed by atoms with Gasteiger partial charge in [0, 0.05) is 49.7 Å². The fraction of sp³-hybridized carbons (Fsp3) is 0.348. The summed E-state index contributed by atoms with van der Waals surface area (Å²) in [7, 11) is 2.18. The van der Waals surface area contributed by atoms with Gasteiger partial charge in [-0.25, -0.2) is 0 Å². The summed E-state index contributed by atoms with van der Waals surface area (Å²) in [5.74, 6) is 0.791. The summed E-state index contributed by atoms with van der Waals surface area (Å²) in [6, 6.07) is 20.0. The molecule has 0 radical (unpaired) electrons. The van der Waals surface area contributed by atoms with Gasteiger partial charge in [0.15, 0.2) is 0 Å². The van der Waals surface area contributed by atoms with Crippen LogP contribution in [0.15, 0.2) is 70.2 Å². The van der Waals surface area contributed by atoms with Crippen LogP contribution in [0, 0.1) is 0 Å². The highest BCUT2D eigenvalue weighted by molar-refractivity contribution is 5.85. The lowest BCUT2D eigenvalue weighted by atomic mass is 10.1. The van der Waals surface area contributed by atoms with Crippen molar-refractivity contribution in [1.82, 2.24) is 9.80 Å². The predicted molar refractivity (Wildman–Crippen MR) is 126 cm³/mol. The van der Waals surface area contributed by atoms with Crippen LogP contribution in [0.25, 0.3) is 22.3 Å². The third kappa shape index (κ3) is 6.22. The van der Waals surface area contributed by atoms with Crippen molar-refractivity contribution in [3.05, 3.63) is 66.0 Å². The highest BCUT2D eigenvalue weighted by Crippen LogP contribution is 2.21. The summed E-state index contributed by atoms with van der Waals surface area (Å²) in [4.78, 5) is 10.5. The van der Waals surface area contributed by atoms with Gasteiger partial charge in [-0.3, -0.25) is 0 Å². The van der Waals surface area contributed by atoms with Gasteiger partial charge in [-0.05, 0) is 25.6 Å². The summed E-state index contributed by atoms with van der Waals surface area (Å²) >= 11 is 0. The zero-order valence-electron chi connectivity index (χ0n) is 17.2. The Labute approximate surface area is 190 Å². The molecule has 2 aromatic carbocycles. The first-order valence-corrected chi connectivity index (χ1v) is 9.95. The maximum absolute atomic E-state index is 6.08. The molecular weight excluding hydrogens is 421 g/mol. The van der Waals surface area contributed by atoms with Crippen LogP contribution in [0.2, 0.25) is 0 Å². The zero-order chi connectivity index (χ0) is 19.2. The van der Waals surface area contributed by atoms with Crippen LogP contribution in [0.1, 0.15) is 6.42 Å². The number of piperazine rings is 1. The minimum atomic E-state index is 0. The van der Waals surface area contributed by atoms with Crippen LogP contribution in [0.5, 0.6) is 0 Å². The van der Waals surface area contributed by atoms with Gasteiger partial charge < -0.3 is 19.1 Å². The first-order chi connectivity index (χ1) is 13.8. The molecule has 2 heterocycles. The third-order valence-corrected chi connectivity index (χ3v) is 5.18. The Balaban J connectivity index is 0.00000160. The molecule has 1 aliphatic heterocycles. The molecule has 1 fully saturated rings. The maximum Gasteiger partial charge on any atom is 0.136 e. The molecule has 1 saturated heterocycles. The molecule has 0 amide bonds. The molecule has 0 saturated carbocycles. The van der Waals surface area contributed by atoms with E-state index >= 15 is 0 Å². The molecule has 1 aliphatic rings. The van der Waals surface area contributed by atoms with Crippen molar-refractivity contribution in [3.8, 4) is 11.3 Å². The van der Waals surface area contributed by atoms with E-state index in [4.69, 9.17) is 9.25 Å². The quantitative estimate of drug-likeness (QED) is 0.412. The van der Waals surface area contributed by atoms with Crippen molar-refractivity contribution in [2.24, 2.45) is 5.16 Å². The number of hydrogen-bond donors (Lipinski definition) is 0. The lowest BCUT2D eigenvalue weighted by molar-refractivity contribution is 0.105. The average Bonchev–Trinajstić information content (AvgIpc) is 2.75. The van der Waals surface area contributed by atoms with E-state index in [0.717, 1.165) is 66.8 Å². The highest BCUT2D eigenvalue weighted by Gasteiger charge is 2.12. The Morgan fingerprint density at radius 3 is 2.40 bits per heavy atom. The minimum absolute atomic E-state index is 0. The number of para-hydroxylation sites is 1. The van der Waals surface area contributed by atoms with Gasteiger partial charge in [0.05, 0.1) is 0 Å². The first-order valence-electron chi connectivity index (χ1n) is 9.95. The average molecular weight is 450 g/mol. The van der Waals surface area contributed by atoms with Crippen LogP contribution >= 0.6 is 24.8 Å². The fourth-order valence-electron chi connectivity index (χ4n) is 3.48. The Bertz CT molecular complexity index is 971. The van der Waals surface area contributed by atoms with Crippen LogP contribution in [0.4, 0.5) is 0 Å². The Hall–Kier alpha value is -2.05. The molecule has 30 heavy (non-hydrogen) atoms. The number of halogens is 2. The Morgan fingerprint density at radius 1 is 0.933 bits per heavy atom. The van der Waals surface area contributed by atoms with Gasteiger partial charge >= 0.3 is 0 Å². The smallest absolute Gasteiger partial charge is 0.136 e. The standard InChI is InChI=1S/C23H27N3O2.2ClH/c1-25-13-15-26(16-14-25)12-7-17-27-24-21-18-23(19-8-3-2-4-9-19)28-22-11-6-5-10-20(21)22;;/h2-6,8-11,18H,7,12-17H2,1H3;2*1H/b24-21+;;. The first kappa shape index (κ1) is 24.2. The van der Waals surface area contributed by atoms with E-state index in [0.29, 0.717) is 6.61 Å². The van der Waals surface area contributed by atoms with Crippen molar-refractivity contribution in [1.29, 1.82) is 0 Å². The lowest BCUT2D eigenvalue weighted by Gasteiger charge is -2.32. The van der Waals surface area contributed by atoms with Gasteiger partial charge in [-0.1, -0.05) is 47.6 Å². The van der Waals surface area contributed by atoms with Crippen molar-refractivity contribution in [3.63, 3.8) is 0 Å². The third-order valence-electron chi connectivity index (χ3n) is 5.18. The van der Waals surface area contributed by atoms with Crippen LogP contribution in [-0.2, 0) is 4.84 Å². The second kappa shape index (κ2) is 12.0. The van der Waals surface area contributed by atoms with E-state index in [1.807, 2.05) is 60.7 Å². The number of fused-ring (bicyclic) bond motifs is 1. The molecule has 0 aliphatic carbocycles. The second-order valence-electron chi connectivity index (χ2n) is 7.28. The molecule has 3 aromatic rings. The molecular formula is C23H29Cl2N3O2. The maximum atomic E-state index is 6.08. The number of benzene rings is 2. The van der Waals surface area contributed by atoms with E-state index in [-0.39, 0.29) is 24.8 Å². The SMILES string of the molecule is CN1CCN(CCCO/N=c2\cc(-c3ccccc3)oc3ccccc23)CC1.Cl.Cl. The van der Waals surface area contributed by atoms with Crippen molar-refractivity contribution >= 4 is 35.8 Å².